The SMILES string of the molecule is C[C@@H]1CN2C(=O)[C@H](O)[C@@H](O)[C@@H]2C1(F)F. The Balaban J connectivity index is 2.36. The Kier molecular flexibility index (Phi) is 1.84. The molecule has 2 rings (SSSR count). The maximum Gasteiger partial charge on any atom is 0.274 e. The average Bonchev–Trinajstić information content (AvgIpc) is 2.45. The van der Waals surface area contributed by atoms with Crippen molar-refractivity contribution in [2.75, 3.05) is 6.54 Å². The molecular weight excluding hydrogens is 196 g/mol. The maximum atomic E-state index is 13.4. The number of alkyl halides is 2. The summed E-state index contributed by atoms with van der Waals surface area (Å²) in [7, 11) is 0. The van der Waals surface area contributed by atoms with Gasteiger partial charge in [-0.25, -0.2) is 8.78 Å². The van der Waals surface area contributed by atoms with Gasteiger partial charge in [0.15, 0.2) is 6.10 Å². The molecule has 2 aliphatic heterocycles. The summed E-state index contributed by atoms with van der Waals surface area (Å²) in [5, 5.41) is 18.4. The van der Waals surface area contributed by atoms with Gasteiger partial charge >= 0.3 is 0 Å². The molecule has 14 heavy (non-hydrogen) atoms. The van der Waals surface area contributed by atoms with E-state index < -0.39 is 36.0 Å². The summed E-state index contributed by atoms with van der Waals surface area (Å²) >= 11 is 0. The van der Waals surface area contributed by atoms with Gasteiger partial charge in [0, 0.05) is 12.5 Å². The second-order valence-electron chi connectivity index (χ2n) is 3.95. The van der Waals surface area contributed by atoms with E-state index in [-0.39, 0.29) is 6.54 Å². The van der Waals surface area contributed by atoms with Crippen LogP contribution < -0.4 is 0 Å². The van der Waals surface area contributed by atoms with Gasteiger partial charge in [0.25, 0.3) is 11.8 Å². The highest BCUT2D eigenvalue weighted by Crippen LogP contribution is 2.44. The number of hydrogen-bond acceptors (Lipinski definition) is 3. The highest BCUT2D eigenvalue weighted by Gasteiger charge is 2.64. The quantitative estimate of drug-likeness (QED) is 0.547. The van der Waals surface area contributed by atoms with Crippen LogP contribution in [0.4, 0.5) is 8.78 Å². The Morgan fingerprint density at radius 2 is 2.07 bits per heavy atom. The molecule has 2 heterocycles. The molecule has 0 unspecified atom stereocenters. The van der Waals surface area contributed by atoms with Gasteiger partial charge in [0.1, 0.15) is 12.1 Å². The average molecular weight is 207 g/mol. The monoisotopic (exact) mass is 207 g/mol. The van der Waals surface area contributed by atoms with Crippen LogP contribution in [0.2, 0.25) is 0 Å². The van der Waals surface area contributed by atoms with E-state index in [0.717, 1.165) is 4.90 Å². The zero-order valence-corrected chi connectivity index (χ0v) is 7.52. The van der Waals surface area contributed by atoms with Crippen molar-refractivity contribution >= 4 is 5.91 Å². The molecule has 0 aromatic rings. The molecule has 2 fully saturated rings. The van der Waals surface area contributed by atoms with Gasteiger partial charge in [-0.15, -0.1) is 0 Å². The highest BCUT2D eigenvalue weighted by atomic mass is 19.3. The Bertz CT molecular complexity index is 284. The van der Waals surface area contributed by atoms with Crippen LogP contribution in [-0.2, 0) is 4.79 Å². The fourth-order valence-electron chi connectivity index (χ4n) is 2.16. The molecule has 0 aliphatic carbocycles. The number of nitrogens with zero attached hydrogens (tertiary/aromatic N) is 1. The number of halogens is 2. The van der Waals surface area contributed by atoms with E-state index in [1.165, 1.54) is 6.92 Å². The lowest BCUT2D eigenvalue weighted by Crippen LogP contribution is -2.44. The van der Waals surface area contributed by atoms with Crippen molar-refractivity contribution in [1.29, 1.82) is 0 Å². The standard InChI is InChI=1S/C8H11F2NO3/c1-3-2-11-6(8(3,9)10)4(12)5(13)7(11)14/h3-6,12-13H,2H2,1H3/t3-,4-,5-,6-/m1/s1. The Labute approximate surface area is 79.1 Å². The van der Waals surface area contributed by atoms with Crippen LogP contribution in [0, 0.1) is 5.92 Å². The summed E-state index contributed by atoms with van der Waals surface area (Å²) in [5.41, 5.74) is 0. The van der Waals surface area contributed by atoms with E-state index in [9.17, 15) is 18.7 Å². The third-order valence-electron chi connectivity index (χ3n) is 3.04. The normalized spacial score (nSPS) is 45.8. The van der Waals surface area contributed by atoms with Crippen molar-refractivity contribution in [2.24, 2.45) is 5.92 Å². The van der Waals surface area contributed by atoms with E-state index >= 15 is 0 Å². The zero-order valence-electron chi connectivity index (χ0n) is 7.52. The molecule has 2 saturated heterocycles. The smallest absolute Gasteiger partial charge is 0.274 e. The van der Waals surface area contributed by atoms with Crippen LogP contribution in [-0.4, -0.2) is 51.7 Å². The summed E-state index contributed by atoms with van der Waals surface area (Å²) in [6.07, 6.45) is -3.37. The minimum atomic E-state index is -3.12. The van der Waals surface area contributed by atoms with E-state index in [1.807, 2.05) is 0 Å². The number of amides is 1. The van der Waals surface area contributed by atoms with Crippen molar-refractivity contribution in [2.45, 2.75) is 31.1 Å². The third-order valence-corrected chi connectivity index (χ3v) is 3.04. The third kappa shape index (κ3) is 0.951. The maximum absolute atomic E-state index is 13.4. The molecule has 6 heteroatoms. The summed E-state index contributed by atoms with van der Waals surface area (Å²) in [6.45, 7) is 1.22. The number of aliphatic hydroxyl groups excluding tert-OH is 2. The molecule has 0 aromatic heterocycles. The minimum absolute atomic E-state index is 0.107. The molecule has 1 amide bonds. The van der Waals surface area contributed by atoms with E-state index in [1.54, 1.807) is 0 Å². The van der Waals surface area contributed by atoms with Crippen LogP contribution in [0.3, 0.4) is 0 Å². The fourth-order valence-corrected chi connectivity index (χ4v) is 2.16. The van der Waals surface area contributed by atoms with Gasteiger partial charge in [-0.2, -0.15) is 0 Å². The summed E-state index contributed by atoms with van der Waals surface area (Å²) < 4.78 is 26.9. The van der Waals surface area contributed by atoms with Gasteiger partial charge in [-0.1, -0.05) is 6.92 Å². The lowest BCUT2D eigenvalue weighted by atomic mass is 9.97. The van der Waals surface area contributed by atoms with E-state index in [0.29, 0.717) is 0 Å². The first-order chi connectivity index (χ1) is 6.37. The van der Waals surface area contributed by atoms with Crippen molar-refractivity contribution in [3.63, 3.8) is 0 Å². The van der Waals surface area contributed by atoms with Gasteiger partial charge in [-0.3, -0.25) is 4.79 Å². The number of fused-ring (bicyclic) bond motifs is 1. The number of rotatable bonds is 0. The summed E-state index contributed by atoms with van der Waals surface area (Å²) in [4.78, 5) is 12.1. The van der Waals surface area contributed by atoms with Crippen LogP contribution in [0.1, 0.15) is 6.92 Å². The molecule has 0 bridgehead atoms. The van der Waals surface area contributed by atoms with Crippen molar-refractivity contribution in [3.05, 3.63) is 0 Å². The Morgan fingerprint density at radius 1 is 1.50 bits per heavy atom. The Hall–Kier alpha value is -0.750. The summed E-state index contributed by atoms with van der Waals surface area (Å²) in [5.74, 6) is -4.89. The first-order valence-corrected chi connectivity index (χ1v) is 4.41. The van der Waals surface area contributed by atoms with Crippen molar-refractivity contribution < 1.29 is 23.8 Å². The van der Waals surface area contributed by atoms with Crippen LogP contribution in [0.25, 0.3) is 0 Å². The predicted molar refractivity (Wildman–Crippen MR) is 41.6 cm³/mol. The number of carbonyl (C=O) groups excluding carboxylic acids is 1. The second kappa shape index (κ2) is 2.64. The lowest BCUT2D eigenvalue weighted by Gasteiger charge is -2.23. The van der Waals surface area contributed by atoms with Gasteiger partial charge in [0.05, 0.1) is 0 Å². The second-order valence-corrected chi connectivity index (χ2v) is 3.95. The molecule has 80 valence electrons. The largest absolute Gasteiger partial charge is 0.387 e. The molecule has 4 atom stereocenters. The van der Waals surface area contributed by atoms with Crippen molar-refractivity contribution in [1.82, 2.24) is 4.90 Å². The number of hydrogen-bond donors (Lipinski definition) is 2. The fraction of sp³-hybridized carbons (Fsp3) is 0.875. The lowest BCUT2D eigenvalue weighted by molar-refractivity contribution is -0.135. The molecule has 0 saturated carbocycles. The van der Waals surface area contributed by atoms with E-state index in [4.69, 9.17) is 5.11 Å². The molecule has 0 radical (unpaired) electrons. The van der Waals surface area contributed by atoms with E-state index in [2.05, 4.69) is 0 Å². The van der Waals surface area contributed by atoms with Crippen molar-refractivity contribution in [3.8, 4) is 0 Å². The molecule has 0 spiro atoms. The molecule has 0 aromatic carbocycles. The Morgan fingerprint density at radius 3 is 2.57 bits per heavy atom. The minimum Gasteiger partial charge on any atom is -0.387 e. The van der Waals surface area contributed by atoms with Gasteiger partial charge < -0.3 is 15.1 Å². The van der Waals surface area contributed by atoms with Gasteiger partial charge in [-0.05, 0) is 0 Å². The topological polar surface area (TPSA) is 60.8 Å². The first-order valence-electron chi connectivity index (χ1n) is 4.41. The number of aliphatic hydroxyl groups is 2. The zero-order chi connectivity index (χ0) is 10.7. The molecule has 4 nitrogen and oxygen atoms in total. The van der Waals surface area contributed by atoms with Gasteiger partial charge in [0.2, 0.25) is 0 Å². The summed E-state index contributed by atoms with van der Waals surface area (Å²) in [6, 6.07) is -1.56. The van der Waals surface area contributed by atoms with Crippen LogP contribution in [0.15, 0.2) is 0 Å². The van der Waals surface area contributed by atoms with Crippen LogP contribution in [0.5, 0.6) is 0 Å². The predicted octanol–water partition coefficient (Wildman–Crippen LogP) is -0.796. The molecule has 2 aliphatic rings. The molecular formula is C8H11F2NO3. The highest BCUT2D eigenvalue weighted by molar-refractivity contribution is 5.85. The van der Waals surface area contributed by atoms with Crippen LogP contribution >= 0.6 is 0 Å². The number of carbonyl (C=O) groups is 1. The first kappa shape index (κ1) is 9.79. The molecule has 2 N–H and O–H groups in total.